The van der Waals surface area contributed by atoms with Gasteiger partial charge in [0, 0.05) is 11.4 Å². The van der Waals surface area contributed by atoms with Crippen LogP contribution in [0.25, 0.3) is 0 Å². The molecule has 0 saturated heterocycles. The van der Waals surface area contributed by atoms with Crippen molar-refractivity contribution in [1.29, 1.82) is 0 Å². The molecule has 0 aliphatic carbocycles. The molecule has 0 aliphatic rings. The number of carboxylic acids is 1. The number of carboxylic acid groups (broad SMARTS) is 1. The lowest BCUT2D eigenvalue weighted by Gasteiger charge is -2.16. The van der Waals surface area contributed by atoms with Crippen molar-refractivity contribution in [2.45, 2.75) is 19.4 Å². The molecule has 27 heavy (non-hydrogen) atoms. The SMILES string of the molecule is Cc1cc(O[C@@H](Cc2ccc(Oc3ccccc3)cc2)C(=O)O)ccc1Cl. The molecular formula is C22H19ClO4. The molecule has 0 unspecified atom stereocenters. The molecule has 138 valence electrons. The van der Waals surface area contributed by atoms with Crippen molar-refractivity contribution in [3.63, 3.8) is 0 Å². The number of hydrogen-bond acceptors (Lipinski definition) is 3. The Balaban J connectivity index is 1.67. The van der Waals surface area contributed by atoms with Gasteiger partial charge >= 0.3 is 5.97 Å². The maximum absolute atomic E-state index is 11.6. The third kappa shape index (κ3) is 5.25. The molecule has 0 fully saturated rings. The number of aliphatic carboxylic acids is 1. The quantitative estimate of drug-likeness (QED) is 0.585. The van der Waals surface area contributed by atoms with E-state index in [1.165, 1.54) is 0 Å². The van der Waals surface area contributed by atoms with Crippen molar-refractivity contribution >= 4 is 17.6 Å². The van der Waals surface area contributed by atoms with E-state index in [0.717, 1.165) is 16.9 Å². The topological polar surface area (TPSA) is 55.8 Å². The first kappa shape index (κ1) is 18.8. The molecule has 0 spiro atoms. The first-order chi connectivity index (χ1) is 13.0. The van der Waals surface area contributed by atoms with Crippen LogP contribution in [-0.2, 0) is 11.2 Å². The van der Waals surface area contributed by atoms with Gasteiger partial charge in [-0.15, -0.1) is 0 Å². The van der Waals surface area contributed by atoms with Gasteiger partial charge in [-0.1, -0.05) is 41.9 Å². The Morgan fingerprint density at radius 3 is 2.22 bits per heavy atom. The zero-order chi connectivity index (χ0) is 19.2. The predicted molar refractivity (Wildman–Crippen MR) is 105 cm³/mol. The van der Waals surface area contributed by atoms with Crippen molar-refractivity contribution in [3.8, 4) is 17.2 Å². The summed E-state index contributed by atoms with van der Waals surface area (Å²) in [6.07, 6.45) is -0.755. The second-order valence-corrected chi connectivity index (χ2v) is 6.53. The van der Waals surface area contributed by atoms with Gasteiger partial charge < -0.3 is 14.6 Å². The fourth-order valence-corrected chi connectivity index (χ4v) is 2.68. The first-order valence-electron chi connectivity index (χ1n) is 8.49. The third-order valence-electron chi connectivity index (χ3n) is 4.01. The van der Waals surface area contributed by atoms with Crippen LogP contribution in [0, 0.1) is 6.92 Å². The molecule has 3 aromatic rings. The lowest BCUT2D eigenvalue weighted by molar-refractivity contribution is -0.145. The van der Waals surface area contributed by atoms with Crippen LogP contribution in [0.2, 0.25) is 5.02 Å². The summed E-state index contributed by atoms with van der Waals surface area (Å²) in [5, 5.41) is 10.1. The first-order valence-corrected chi connectivity index (χ1v) is 8.86. The number of rotatable bonds is 7. The monoisotopic (exact) mass is 382 g/mol. The van der Waals surface area contributed by atoms with E-state index in [9.17, 15) is 9.90 Å². The summed E-state index contributed by atoms with van der Waals surface area (Å²) in [4.78, 5) is 11.6. The van der Waals surface area contributed by atoms with E-state index in [1.807, 2.05) is 61.5 Å². The van der Waals surface area contributed by atoms with Crippen LogP contribution >= 0.6 is 11.6 Å². The summed E-state index contributed by atoms with van der Waals surface area (Å²) in [6, 6.07) is 21.9. The van der Waals surface area contributed by atoms with Crippen molar-refractivity contribution in [1.82, 2.24) is 0 Å². The van der Waals surface area contributed by atoms with Gasteiger partial charge in [-0.3, -0.25) is 0 Å². The van der Waals surface area contributed by atoms with E-state index in [1.54, 1.807) is 18.2 Å². The summed E-state index contributed by atoms with van der Waals surface area (Å²) in [5.74, 6) is 0.890. The molecule has 0 aromatic heterocycles. The zero-order valence-electron chi connectivity index (χ0n) is 14.8. The lowest BCUT2D eigenvalue weighted by atomic mass is 10.1. The van der Waals surface area contributed by atoms with Crippen LogP contribution in [0.5, 0.6) is 17.2 Å². The highest BCUT2D eigenvalue weighted by molar-refractivity contribution is 6.31. The fourth-order valence-electron chi connectivity index (χ4n) is 2.57. The molecule has 0 radical (unpaired) electrons. The molecule has 0 aliphatic heterocycles. The van der Waals surface area contributed by atoms with E-state index in [-0.39, 0.29) is 6.42 Å². The predicted octanol–water partition coefficient (Wildman–Crippen LogP) is 5.52. The highest BCUT2D eigenvalue weighted by Crippen LogP contribution is 2.24. The van der Waals surface area contributed by atoms with Gasteiger partial charge in [-0.05, 0) is 60.5 Å². The van der Waals surface area contributed by atoms with Crippen LogP contribution in [0.3, 0.4) is 0 Å². The average molecular weight is 383 g/mol. The summed E-state index contributed by atoms with van der Waals surface area (Å²) < 4.78 is 11.4. The number of ether oxygens (including phenoxy) is 2. The Morgan fingerprint density at radius 1 is 0.963 bits per heavy atom. The van der Waals surface area contributed by atoms with Crippen LogP contribution in [0.1, 0.15) is 11.1 Å². The normalized spacial score (nSPS) is 11.6. The number of halogens is 1. The summed E-state index contributed by atoms with van der Waals surface area (Å²) >= 11 is 6.00. The maximum Gasteiger partial charge on any atom is 0.345 e. The third-order valence-corrected chi connectivity index (χ3v) is 4.43. The van der Waals surface area contributed by atoms with Crippen molar-refractivity contribution in [3.05, 3.63) is 88.9 Å². The van der Waals surface area contributed by atoms with Crippen LogP contribution in [-0.4, -0.2) is 17.2 Å². The van der Waals surface area contributed by atoms with Gasteiger partial charge in [-0.2, -0.15) is 0 Å². The fraction of sp³-hybridized carbons (Fsp3) is 0.136. The molecule has 0 amide bonds. The minimum atomic E-state index is -1.02. The minimum Gasteiger partial charge on any atom is -0.478 e. The molecule has 4 nitrogen and oxygen atoms in total. The van der Waals surface area contributed by atoms with E-state index >= 15 is 0 Å². The van der Waals surface area contributed by atoms with E-state index < -0.39 is 12.1 Å². The van der Waals surface area contributed by atoms with E-state index in [2.05, 4.69) is 0 Å². The van der Waals surface area contributed by atoms with Crippen molar-refractivity contribution in [2.75, 3.05) is 0 Å². The summed E-state index contributed by atoms with van der Waals surface area (Å²) in [7, 11) is 0. The largest absolute Gasteiger partial charge is 0.478 e. The standard InChI is InChI=1S/C22H19ClO4/c1-15-13-19(11-12-20(15)23)27-21(22(24)25)14-16-7-9-18(10-8-16)26-17-5-3-2-4-6-17/h2-13,21H,14H2,1H3,(H,24,25)/t21-/m0/s1. The Bertz CT molecular complexity index is 907. The molecule has 3 aromatic carbocycles. The molecule has 1 atom stereocenters. The summed E-state index contributed by atoms with van der Waals surface area (Å²) in [5.41, 5.74) is 1.68. The number of aryl methyl sites for hydroxylation is 1. The van der Waals surface area contributed by atoms with Crippen molar-refractivity contribution in [2.24, 2.45) is 0 Å². The van der Waals surface area contributed by atoms with Gasteiger partial charge in [0.2, 0.25) is 0 Å². The number of para-hydroxylation sites is 1. The Hall–Kier alpha value is -2.98. The van der Waals surface area contributed by atoms with E-state index in [0.29, 0.717) is 16.5 Å². The molecular weight excluding hydrogens is 364 g/mol. The second-order valence-electron chi connectivity index (χ2n) is 6.12. The van der Waals surface area contributed by atoms with Crippen molar-refractivity contribution < 1.29 is 19.4 Å². The Kier molecular flexibility index (Phi) is 5.99. The van der Waals surface area contributed by atoms with Gasteiger partial charge in [0.15, 0.2) is 6.10 Å². The highest BCUT2D eigenvalue weighted by Gasteiger charge is 2.20. The Labute approximate surface area is 162 Å². The van der Waals surface area contributed by atoms with E-state index in [4.69, 9.17) is 21.1 Å². The Morgan fingerprint density at radius 2 is 1.59 bits per heavy atom. The average Bonchev–Trinajstić information content (AvgIpc) is 2.66. The summed E-state index contributed by atoms with van der Waals surface area (Å²) in [6.45, 7) is 1.84. The van der Waals surface area contributed by atoms with Crippen LogP contribution in [0.4, 0.5) is 0 Å². The minimum absolute atomic E-state index is 0.239. The lowest BCUT2D eigenvalue weighted by Crippen LogP contribution is -2.29. The molecule has 0 bridgehead atoms. The maximum atomic E-state index is 11.6. The van der Waals surface area contributed by atoms with Gasteiger partial charge in [0.1, 0.15) is 17.2 Å². The number of carbonyl (C=O) groups is 1. The van der Waals surface area contributed by atoms with Crippen LogP contribution < -0.4 is 9.47 Å². The molecule has 0 heterocycles. The molecule has 3 rings (SSSR count). The van der Waals surface area contributed by atoms with Crippen LogP contribution in [0.15, 0.2) is 72.8 Å². The number of benzene rings is 3. The zero-order valence-corrected chi connectivity index (χ0v) is 15.5. The smallest absolute Gasteiger partial charge is 0.345 e. The highest BCUT2D eigenvalue weighted by atomic mass is 35.5. The van der Waals surface area contributed by atoms with Gasteiger partial charge in [0.05, 0.1) is 0 Å². The second kappa shape index (κ2) is 8.60. The molecule has 1 N–H and O–H groups in total. The van der Waals surface area contributed by atoms with Gasteiger partial charge in [-0.25, -0.2) is 4.79 Å². The number of hydrogen-bond donors (Lipinski definition) is 1. The van der Waals surface area contributed by atoms with Gasteiger partial charge in [0.25, 0.3) is 0 Å². The molecule has 5 heteroatoms. The molecule has 0 saturated carbocycles.